The van der Waals surface area contributed by atoms with Crippen molar-refractivity contribution >= 4 is 5.91 Å². The van der Waals surface area contributed by atoms with Crippen molar-refractivity contribution in [3.63, 3.8) is 0 Å². The molecule has 2 rings (SSSR count). The van der Waals surface area contributed by atoms with Gasteiger partial charge in [0.05, 0.1) is 18.6 Å². The molecule has 0 aromatic heterocycles. The van der Waals surface area contributed by atoms with Crippen molar-refractivity contribution in [2.45, 2.75) is 57.6 Å². The lowest BCUT2D eigenvalue weighted by atomic mass is 9.92. The number of aliphatic hydroxyl groups excluding tert-OH is 1. The fourth-order valence-electron chi connectivity index (χ4n) is 3.24. The standard InChI is InChI=1S/C14H25NO3/c1-11-13(7-10-18-11)14(17)15(8-9-16)12-5-3-2-4-6-12/h11-13,16H,2-10H2,1H3. The summed E-state index contributed by atoms with van der Waals surface area (Å²) in [6, 6.07) is 0.339. The number of aliphatic hydroxyl groups is 1. The van der Waals surface area contributed by atoms with Crippen LogP contribution < -0.4 is 0 Å². The highest BCUT2D eigenvalue weighted by Crippen LogP contribution is 2.28. The molecule has 4 nitrogen and oxygen atoms in total. The van der Waals surface area contributed by atoms with Crippen LogP contribution in [0.4, 0.5) is 0 Å². The van der Waals surface area contributed by atoms with Gasteiger partial charge in [-0.2, -0.15) is 0 Å². The Morgan fingerprint density at radius 3 is 2.56 bits per heavy atom. The highest BCUT2D eigenvalue weighted by Gasteiger charge is 2.36. The molecule has 0 aromatic carbocycles. The van der Waals surface area contributed by atoms with Gasteiger partial charge < -0.3 is 14.7 Å². The van der Waals surface area contributed by atoms with Gasteiger partial charge >= 0.3 is 0 Å². The molecule has 4 heteroatoms. The Balaban J connectivity index is 2.01. The van der Waals surface area contributed by atoms with E-state index < -0.39 is 0 Å². The van der Waals surface area contributed by atoms with E-state index in [4.69, 9.17) is 4.74 Å². The van der Waals surface area contributed by atoms with E-state index in [9.17, 15) is 9.90 Å². The van der Waals surface area contributed by atoms with Gasteiger partial charge in [-0.3, -0.25) is 4.79 Å². The Labute approximate surface area is 109 Å². The second kappa shape index (κ2) is 6.53. The van der Waals surface area contributed by atoms with Crippen LogP contribution >= 0.6 is 0 Å². The molecule has 2 aliphatic rings. The summed E-state index contributed by atoms with van der Waals surface area (Å²) in [4.78, 5) is 14.5. The SMILES string of the molecule is CC1OCCC1C(=O)N(CCO)C1CCCCC1. The molecule has 1 saturated carbocycles. The van der Waals surface area contributed by atoms with Crippen molar-refractivity contribution in [1.82, 2.24) is 4.90 Å². The predicted octanol–water partition coefficient (Wildman–Crippen LogP) is 1.56. The summed E-state index contributed by atoms with van der Waals surface area (Å²) in [5, 5.41) is 9.20. The lowest BCUT2D eigenvalue weighted by molar-refractivity contribution is -0.140. The average molecular weight is 255 g/mol. The van der Waals surface area contributed by atoms with Gasteiger partial charge in [0.2, 0.25) is 5.91 Å². The number of amides is 1. The Morgan fingerprint density at radius 1 is 1.28 bits per heavy atom. The van der Waals surface area contributed by atoms with Gasteiger partial charge in [-0.05, 0) is 26.2 Å². The molecule has 2 fully saturated rings. The lowest BCUT2D eigenvalue weighted by Crippen LogP contribution is -2.47. The molecule has 1 saturated heterocycles. The number of nitrogens with zero attached hydrogens (tertiary/aromatic N) is 1. The number of rotatable bonds is 4. The van der Waals surface area contributed by atoms with Crippen LogP contribution in [0.15, 0.2) is 0 Å². The maximum atomic E-state index is 12.6. The number of carbonyl (C=O) groups is 1. The molecular formula is C14H25NO3. The van der Waals surface area contributed by atoms with Crippen LogP contribution in [0.25, 0.3) is 0 Å². The first-order chi connectivity index (χ1) is 8.74. The molecule has 0 spiro atoms. The quantitative estimate of drug-likeness (QED) is 0.829. The van der Waals surface area contributed by atoms with Crippen molar-refractivity contribution < 1.29 is 14.6 Å². The minimum atomic E-state index is -0.00141. The molecule has 1 aliphatic carbocycles. The zero-order valence-corrected chi connectivity index (χ0v) is 11.3. The van der Waals surface area contributed by atoms with Crippen molar-refractivity contribution in [2.24, 2.45) is 5.92 Å². The third-order valence-corrected chi connectivity index (χ3v) is 4.33. The molecule has 1 amide bonds. The van der Waals surface area contributed by atoms with Gasteiger partial charge in [-0.25, -0.2) is 0 Å². The molecule has 1 aliphatic heterocycles. The molecule has 0 bridgehead atoms. The maximum Gasteiger partial charge on any atom is 0.228 e. The van der Waals surface area contributed by atoms with E-state index in [2.05, 4.69) is 0 Å². The van der Waals surface area contributed by atoms with Crippen LogP contribution in [0.3, 0.4) is 0 Å². The van der Waals surface area contributed by atoms with Crippen LogP contribution in [-0.4, -0.2) is 47.8 Å². The largest absolute Gasteiger partial charge is 0.395 e. The summed E-state index contributed by atoms with van der Waals surface area (Å²) in [6.07, 6.45) is 6.73. The Hall–Kier alpha value is -0.610. The van der Waals surface area contributed by atoms with Crippen molar-refractivity contribution in [2.75, 3.05) is 19.8 Å². The van der Waals surface area contributed by atoms with Crippen molar-refractivity contribution in [1.29, 1.82) is 0 Å². The minimum Gasteiger partial charge on any atom is -0.395 e. The summed E-state index contributed by atoms with van der Waals surface area (Å²) in [5.74, 6) is 0.194. The zero-order chi connectivity index (χ0) is 13.0. The number of carbonyl (C=O) groups excluding carboxylic acids is 1. The van der Waals surface area contributed by atoms with Crippen LogP contribution in [0.5, 0.6) is 0 Å². The summed E-state index contributed by atoms with van der Waals surface area (Å²) in [7, 11) is 0. The van der Waals surface area contributed by atoms with E-state index in [-0.39, 0.29) is 24.5 Å². The van der Waals surface area contributed by atoms with E-state index in [0.29, 0.717) is 19.2 Å². The van der Waals surface area contributed by atoms with E-state index in [1.54, 1.807) is 0 Å². The molecule has 1 heterocycles. The second-order valence-corrected chi connectivity index (χ2v) is 5.52. The summed E-state index contributed by atoms with van der Waals surface area (Å²) >= 11 is 0. The number of hydrogen-bond donors (Lipinski definition) is 1. The first-order valence-corrected chi connectivity index (χ1v) is 7.27. The minimum absolute atomic E-state index is 0.00141. The maximum absolute atomic E-state index is 12.6. The third-order valence-electron chi connectivity index (χ3n) is 4.33. The summed E-state index contributed by atoms with van der Waals surface area (Å²) in [6.45, 7) is 3.21. The van der Waals surface area contributed by atoms with E-state index in [1.165, 1.54) is 19.3 Å². The van der Waals surface area contributed by atoms with E-state index in [1.807, 2.05) is 11.8 Å². The van der Waals surface area contributed by atoms with Gasteiger partial charge in [0, 0.05) is 19.2 Å². The number of hydrogen-bond acceptors (Lipinski definition) is 3. The van der Waals surface area contributed by atoms with Gasteiger partial charge in [-0.1, -0.05) is 19.3 Å². The second-order valence-electron chi connectivity index (χ2n) is 5.52. The summed E-state index contributed by atoms with van der Waals surface area (Å²) in [5.41, 5.74) is 0. The van der Waals surface area contributed by atoms with Crippen LogP contribution in [0.2, 0.25) is 0 Å². The van der Waals surface area contributed by atoms with E-state index >= 15 is 0 Å². The van der Waals surface area contributed by atoms with Crippen LogP contribution in [0, 0.1) is 5.92 Å². The Morgan fingerprint density at radius 2 is 2.00 bits per heavy atom. The fraction of sp³-hybridized carbons (Fsp3) is 0.929. The Kier molecular flexibility index (Phi) is 5.01. The smallest absolute Gasteiger partial charge is 0.228 e. The topological polar surface area (TPSA) is 49.8 Å². The average Bonchev–Trinajstić information content (AvgIpc) is 2.82. The molecule has 0 aromatic rings. The molecule has 2 atom stereocenters. The molecule has 1 N–H and O–H groups in total. The number of ether oxygens (including phenoxy) is 1. The molecule has 18 heavy (non-hydrogen) atoms. The lowest BCUT2D eigenvalue weighted by Gasteiger charge is -2.36. The predicted molar refractivity (Wildman–Crippen MR) is 69.2 cm³/mol. The first-order valence-electron chi connectivity index (χ1n) is 7.27. The molecule has 2 unspecified atom stereocenters. The summed E-state index contributed by atoms with van der Waals surface area (Å²) < 4.78 is 5.49. The fourth-order valence-corrected chi connectivity index (χ4v) is 3.24. The Bertz CT molecular complexity index is 276. The first kappa shape index (κ1) is 13.8. The van der Waals surface area contributed by atoms with Crippen LogP contribution in [0.1, 0.15) is 45.4 Å². The zero-order valence-electron chi connectivity index (χ0n) is 11.3. The molecule has 104 valence electrons. The molecule has 0 radical (unpaired) electrons. The highest BCUT2D eigenvalue weighted by molar-refractivity contribution is 5.80. The molecular weight excluding hydrogens is 230 g/mol. The monoisotopic (exact) mass is 255 g/mol. The van der Waals surface area contributed by atoms with Gasteiger partial charge in [0.1, 0.15) is 0 Å². The van der Waals surface area contributed by atoms with Gasteiger partial charge in [0.15, 0.2) is 0 Å². The van der Waals surface area contributed by atoms with Crippen molar-refractivity contribution in [3.8, 4) is 0 Å². The van der Waals surface area contributed by atoms with E-state index in [0.717, 1.165) is 19.3 Å². The van der Waals surface area contributed by atoms with Gasteiger partial charge in [0.25, 0.3) is 0 Å². The normalized spacial score (nSPS) is 29.4. The van der Waals surface area contributed by atoms with Crippen molar-refractivity contribution in [3.05, 3.63) is 0 Å². The third kappa shape index (κ3) is 3.04. The van der Waals surface area contributed by atoms with Crippen LogP contribution in [-0.2, 0) is 9.53 Å². The highest BCUT2D eigenvalue weighted by atomic mass is 16.5. The van der Waals surface area contributed by atoms with Gasteiger partial charge in [-0.15, -0.1) is 0 Å².